The Kier molecular flexibility index (Phi) is 6.16. The van der Waals surface area contributed by atoms with E-state index in [2.05, 4.69) is 36.8 Å². The second-order valence-corrected chi connectivity index (χ2v) is 8.59. The fraction of sp³-hybridized carbons (Fsp3) is 0.148. The van der Waals surface area contributed by atoms with Gasteiger partial charge >= 0.3 is 0 Å². The summed E-state index contributed by atoms with van der Waals surface area (Å²) in [5.41, 5.74) is 10.2. The molecule has 0 unspecified atom stereocenters. The minimum absolute atomic E-state index is 0.478. The Labute approximate surface area is 209 Å². The summed E-state index contributed by atoms with van der Waals surface area (Å²) >= 11 is 0. The molecule has 0 saturated heterocycles. The zero-order chi connectivity index (χ0) is 25.1. The minimum atomic E-state index is 0.478. The third-order valence-corrected chi connectivity index (χ3v) is 5.75. The third kappa shape index (κ3) is 4.93. The molecule has 0 bridgehead atoms. The van der Waals surface area contributed by atoms with Gasteiger partial charge in [-0.3, -0.25) is 15.4 Å². The lowest BCUT2D eigenvalue weighted by atomic mass is 10.1. The van der Waals surface area contributed by atoms with Crippen LogP contribution in [-0.4, -0.2) is 41.6 Å². The predicted molar refractivity (Wildman–Crippen MR) is 142 cm³/mol. The summed E-state index contributed by atoms with van der Waals surface area (Å²) in [5.74, 6) is 1.28. The highest BCUT2D eigenvalue weighted by Crippen LogP contribution is 2.26. The molecule has 2 N–H and O–H groups in total. The minimum Gasteiger partial charge on any atom is -0.378 e. The van der Waals surface area contributed by atoms with E-state index in [-0.39, 0.29) is 0 Å². The highest BCUT2D eigenvalue weighted by Gasteiger charge is 2.17. The number of hydrogen-bond donors (Lipinski definition) is 2. The summed E-state index contributed by atoms with van der Waals surface area (Å²) in [7, 11) is 3.89. The lowest BCUT2D eigenvalue weighted by Crippen LogP contribution is -2.36. The molecule has 2 aromatic carbocycles. The van der Waals surface area contributed by atoms with E-state index in [0.29, 0.717) is 18.2 Å². The van der Waals surface area contributed by atoms with Crippen molar-refractivity contribution in [3.63, 3.8) is 0 Å². The highest BCUT2D eigenvalue weighted by atomic mass is 15.6. The predicted octanol–water partition coefficient (Wildman–Crippen LogP) is 4.26. The van der Waals surface area contributed by atoms with E-state index in [9.17, 15) is 5.26 Å². The lowest BCUT2D eigenvalue weighted by molar-refractivity contribution is 0.841. The fourth-order valence-electron chi connectivity index (χ4n) is 3.77. The summed E-state index contributed by atoms with van der Waals surface area (Å²) in [6.07, 6.45) is 3.53. The Morgan fingerprint density at radius 3 is 2.56 bits per heavy atom. The van der Waals surface area contributed by atoms with Crippen LogP contribution < -0.4 is 20.7 Å². The number of nitrogens with zero attached hydrogens (tertiary/aromatic N) is 7. The molecule has 0 spiro atoms. The molecule has 3 heterocycles. The van der Waals surface area contributed by atoms with Gasteiger partial charge in [0.25, 0.3) is 0 Å². The van der Waals surface area contributed by atoms with Crippen molar-refractivity contribution < 1.29 is 0 Å². The molecule has 4 aromatic rings. The topological polar surface area (TPSA) is 105 Å². The average molecular weight is 476 g/mol. The Bertz CT molecular complexity index is 1450. The van der Waals surface area contributed by atoms with Gasteiger partial charge in [0.15, 0.2) is 5.84 Å². The zero-order valence-electron chi connectivity index (χ0n) is 20.3. The number of anilines is 4. The molecular weight excluding hydrogens is 450 g/mol. The van der Waals surface area contributed by atoms with Crippen molar-refractivity contribution in [1.29, 1.82) is 5.26 Å². The molecule has 2 aromatic heterocycles. The van der Waals surface area contributed by atoms with Gasteiger partial charge in [0.2, 0.25) is 5.95 Å². The molecule has 0 radical (unpaired) electrons. The fourth-order valence-corrected chi connectivity index (χ4v) is 3.77. The number of amidine groups is 1. The number of nitriles is 1. The van der Waals surface area contributed by atoms with Crippen LogP contribution in [0.1, 0.15) is 16.8 Å². The number of aromatic nitrogens is 3. The van der Waals surface area contributed by atoms with Crippen LogP contribution in [0.4, 0.5) is 23.0 Å². The Morgan fingerprint density at radius 1 is 1.00 bits per heavy atom. The van der Waals surface area contributed by atoms with Crippen LogP contribution in [0.15, 0.2) is 78.0 Å². The van der Waals surface area contributed by atoms with Crippen molar-refractivity contribution in [1.82, 2.24) is 20.4 Å². The van der Waals surface area contributed by atoms with Gasteiger partial charge in [-0.2, -0.15) is 5.26 Å². The normalized spacial score (nSPS) is 12.5. The van der Waals surface area contributed by atoms with Crippen LogP contribution in [0.25, 0.3) is 11.3 Å². The first-order valence-corrected chi connectivity index (χ1v) is 11.4. The standard InChI is InChI=1S/C27H25N9/c1-18-4-5-20(16-30-18)26-31-17-36(34-26)23-8-6-22(7-9-23)32-27-29-11-10-25(33-27)21-12-19(15-28)13-24(14-21)35(2)3/h4-14,16H,17H2,1-3H3,(H,31,34)(H,29,32,33). The molecule has 0 fully saturated rings. The maximum Gasteiger partial charge on any atom is 0.227 e. The van der Waals surface area contributed by atoms with Gasteiger partial charge in [-0.15, -0.1) is 0 Å². The van der Waals surface area contributed by atoms with Gasteiger partial charge in [-0.25, -0.2) is 15.0 Å². The number of pyridine rings is 1. The van der Waals surface area contributed by atoms with Gasteiger partial charge in [0.05, 0.1) is 23.0 Å². The van der Waals surface area contributed by atoms with E-state index in [1.165, 1.54) is 0 Å². The second-order valence-electron chi connectivity index (χ2n) is 8.59. The van der Waals surface area contributed by atoms with E-state index in [0.717, 1.165) is 45.4 Å². The molecule has 36 heavy (non-hydrogen) atoms. The van der Waals surface area contributed by atoms with Crippen molar-refractivity contribution >= 4 is 28.8 Å². The molecule has 0 aliphatic carbocycles. The van der Waals surface area contributed by atoms with Crippen molar-refractivity contribution in [2.75, 3.05) is 36.0 Å². The summed E-state index contributed by atoms with van der Waals surface area (Å²) in [4.78, 5) is 19.9. The summed E-state index contributed by atoms with van der Waals surface area (Å²) in [6, 6.07) is 21.7. The quantitative estimate of drug-likeness (QED) is 0.426. The molecule has 0 amide bonds. The SMILES string of the molecule is Cc1ccc(C2=NCN(c3ccc(Nc4nccc(-c5cc(C#N)cc(N(C)C)c5)n4)cc3)N2)cn1. The summed E-state index contributed by atoms with van der Waals surface area (Å²) in [5, 5.41) is 14.7. The first-order valence-electron chi connectivity index (χ1n) is 11.4. The van der Waals surface area contributed by atoms with Crippen molar-refractivity contribution in [3.8, 4) is 17.3 Å². The van der Waals surface area contributed by atoms with E-state index in [1.54, 1.807) is 6.20 Å². The molecule has 178 valence electrons. The average Bonchev–Trinajstić information content (AvgIpc) is 3.40. The molecule has 9 nitrogen and oxygen atoms in total. The smallest absolute Gasteiger partial charge is 0.227 e. The molecule has 9 heteroatoms. The van der Waals surface area contributed by atoms with Crippen LogP contribution in [0.3, 0.4) is 0 Å². The molecule has 5 rings (SSSR count). The Hall–Kier alpha value is -4.97. The molecule has 0 saturated carbocycles. The van der Waals surface area contributed by atoms with Crippen LogP contribution in [0.2, 0.25) is 0 Å². The van der Waals surface area contributed by atoms with Crippen LogP contribution in [0.5, 0.6) is 0 Å². The number of nitrogens with one attached hydrogen (secondary N) is 2. The maximum absolute atomic E-state index is 9.42. The Morgan fingerprint density at radius 2 is 1.83 bits per heavy atom. The first kappa shape index (κ1) is 22.8. The number of aryl methyl sites for hydroxylation is 1. The number of hydrazine groups is 1. The van der Waals surface area contributed by atoms with Gasteiger partial charge in [-0.05, 0) is 67.6 Å². The van der Waals surface area contributed by atoms with Crippen molar-refractivity contribution in [3.05, 3.63) is 89.9 Å². The van der Waals surface area contributed by atoms with Crippen LogP contribution in [-0.2, 0) is 0 Å². The van der Waals surface area contributed by atoms with Crippen molar-refractivity contribution in [2.45, 2.75) is 6.92 Å². The zero-order valence-corrected chi connectivity index (χ0v) is 20.3. The third-order valence-electron chi connectivity index (χ3n) is 5.75. The second kappa shape index (κ2) is 9.72. The molecule has 1 aliphatic rings. The Balaban J connectivity index is 1.28. The van der Waals surface area contributed by atoms with E-state index < -0.39 is 0 Å². The van der Waals surface area contributed by atoms with Crippen LogP contribution in [0, 0.1) is 18.3 Å². The molecule has 0 atom stereocenters. The monoisotopic (exact) mass is 475 g/mol. The summed E-state index contributed by atoms with van der Waals surface area (Å²) < 4.78 is 0. The first-order chi connectivity index (χ1) is 17.5. The van der Waals surface area contributed by atoms with Gasteiger partial charge in [-0.1, -0.05) is 0 Å². The largest absolute Gasteiger partial charge is 0.378 e. The van der Waals surface area contributed by atoms with E-state index in [4.69, 9.17) is 0 Å². The van der Waals surface area contributed by atoms with Gasteiger partial charge < -0.3 is 10.2 Å². The molecule has 1 aliphatic heterocycles. The van der Waals surface area contributed by atoms with Crippen molar-refractivity contribution in [2.24, 2.45) is 4.99 Å². The van der Waals surface area contributed by atoms with Crippen LogP contribution >= 0.6 is 0 Å². The van der Waals surface area contributed by atoms with Gasteiger partial charge in [0, 0.05) is 54.7 Å². The maximum atomic E-state index is 9.42. The highest BCUT2D eigenvalue weighted by molar-refractivity contribution is 6.00. The lowest BCUT2D eigenvalue weighted by Gasteiger charge is -2.19. The number of aliphatic imine (C=N–C) groups is 1. The molecular formula is C27H25N9. The number of benzene rings is 2. The number of hydrogen-bond acceptors (Lipinski definition) is 9. The van der Waals surface area contributed by atoms with E-state index in [1.807, 2.05) is 97.8 Å². The van der Waals surface area contributed by atoms with Gasteiger partial charge in [0.1, 0.15) is 6.67 Å². The number of rotatable bonds is 6. The summed E-state index contributed by atoms with van der Waals surface area (Å²) in [6.45, 7) is 2.47. The van der Waals surface area contributed by atoms with E-state index >= 15 is 0 Å².